The van der Waals surface area contributed by atoms with Gasteiger partial charge in [0.1, 0.15) is 0 Å². The molecule has 28 heavy (non-hydrogen) atoms. The molecule has 0 saturated carbocycles. The van der Waals surface area contributed by atoms with Crippen LogP contribution in [0.25, 0.3) is 0 Å². The lowest BCUT2D eigenvalue weighted by Gasteiger charge is -2.06. The zero-order valence-corrected chi connectivity index (χ0v) is 19.7. The van der Waals surface area contributed by atoms with Crippen molar-refractivity contribution in [3.8, 4) is 0 Å². The van der Waals surface area contributed by atoms with Crippen LogP contribution in [-0.2, 0) is 9.53 Å². The third-order valence-corrected chi connectivity index (χ3v) is 5.67. The van der Waals surface area contributed by atoms with E-state index in [9.17, 15) is 4.79 Å². The standard InChI is InChI=1S/C26H52O2/c1-4-5-6-7-8-9-10-14-17-20-23-26(27)28-24-21-18-15-12-11-13-16-19-22-25(2)3/h25H,4-24H2,1-3H3. The molecule has 0 aromatic rings. The van der Waals surface area contributed by atoms with Crippen LogP contribution in [0.4, 0.5) is 0 Å². The number of carbonyl (C=O) groups is 1. The largest absolute Gasteiger partial charge is 0.466 e. The van der Waals surface area contributed by atoms with E-state index in [4.69, 9.17) is 4.74 Å². The fourth-order valence-electron chi connectivity index (χ4n) is 3.73. The molecule has 0 N–H and O–H groups in total. The first-order chi connectivity index (χ1) is 13.7. The first-order valence-corrected chi connectivity index (χ1v) is 12.8. The average molecular weight is 397 g/mol. The van der Waals surface area contributed by atoms with Crippen LogP contribution in [0, 0.1) is 5.92 Å². The predicted octanol–water partition coefficient (Wildman–Crippen LogP) is 9.01. The zero-order valence-electron chi connectivity index (χ0n) is 19.7. The Kier molecular flexibility index (Phi) is 22.3. The number of unbranched alkanes of at least 4 members (excludes halogenated alkanes) is 16. The highest BCUT2D eigenvalue weighted by molar-refractivity contribution is 5.69. The van der Waals surface area contributed by atoms with Crippen LogP contribution in [0.2, 0.25) is 0 Å². The molecule has 0 atom stereocenters. The summed E-state index contributed by atoms with van der Waals surface area (Å²) in [6.07, 6.45) is 25.5. The second-order valence-electron chi connectivity index (χ2n) is 9.16. The van der Waals surface area contributed by atoms with Crippen LogP contribution < -0.4 is 0 Å². The number of ether oxygens (including phenoxy) is 1. The molecule has 0 heterocycles. The SMILES string of the molecule is CCCCCCCCCCCCC(=O)OCCCCCCCCCCC(C)C. The van der Waals surface area contributed by atoms with Gasteiger partial charge in [0.2, 0.25) is 0 Å². The summed E-state index contributed by atoms with van der Waals surface area (Å²) in [6.45, 7) is 7.52. The van der Waals surface area contributed by atoms with E-state index in [1.165, 1.54) is 109 Å². The molecule has 0 saturated heterocycles. The van der Waals surface area contributed by atoms with E-state index in [0.717, 1.165) is 18.8 Å². The van der Waals surface area contributed by atoms with E-state index in [1.807, 2.05) is 0 Å². The molecular weight excluding hydrogens is 344 g/mol. The zero-order chi connectivity index (χ0) is 20.7. The third-order valence-electron chi connectivity index (χ3n) is 5.67. The molecule has 0 bridgehead atoms. The lowest BCUT2D eigenvalue weighted by atomic mass is 10.0. The van der Waals surface area contributed by atoms with Crippen molar-refractivity contribution < 1.29 is 9.53 Å². The van der Waals surface area contributed by atoms with Gasteiger partial charge in [0.25, 0.3) is 0 Å². The van der Waals surface area contributed by atoms with Crippen molar-refractivity contribution in [1.29, 1.82) is 0 Å². The van der Waals surface area contributed by atoms with Crippen molar-refractivity contribution in [3.63, 3.8) is 0 Å². The number of hydrogen-bond acceptors (Lipinski definition) is 2. The van der Waals surface area contributed by atoms with Gasteiger partial charge < -0.3 is 4.74 Å². The molecule has 0 amide bonds. The second kappa shape index (κ2) is 22.8. The van der Waals surface area contributed by atoms with Crippen LogP contribution in [0.1, 0.15) is 149 Å². The highest BCUT2D eigenvalue weighted by Crippen LogP contribution is 2.13. The van der Waals surface area contributed by atoms with Gasteiger partial charge in [-0.3, -0.25) is 4.79 Å². The lowest BCUT2D eigenvalue weighted by molar-refractivity contribution is -0.143. The molecule has 0 aliphatic heterocycles. The normalized spacial score (nSPS) is 11.3. The van der Waals surface area contributed by atoms with E-state index in [-0.39, 0.29) is 5.97 Å². The van der Waals surface area contributed by atoms with Crippen LogP contribution in [0.3, 0.4) is 0 Å². The molecular formula is C26H52O2. The Labute approximate surface area is 177 Å². The summed E-state index contributed by atoms with van der Waals surface area (Å²) in [5.41, 5.74) is 0. The Balaban J connectivity index is 3.15. The van der Waals surface area contributed by atoms with Crippen molar-refractivity contribution in [2.24, 2.45) is 5.92 Å². The van der Waals surface area contributed by atoms with Gasteiger partial charge >= 0.3 is 5.97 Å². The summed E-state index contributed by atoms with van der Waals surface area (Å²) in [7, 11) is 0. The smallest absolute Gasteiger partial charge is 0.305 e. The monoisotopic (exact) mass is 396 g/mol. The molecule has 0 fully saturated rings. The molecule has 0 rings (SSSR count). The van der Waals surface area contributed by atoms with E-state index in [2.05, 4.69) is 20.8 Å². The highest BCUT2D eigenvalue weighted by Gasteiger charge is 2.02. The Morgan fingerprint density at radius 2 is 1.04 bits per heavy atom. The quantitative estimate of drug-likeness (QED) is 0.135. The predicted molar refractivity (Wildman–Crippen MR) is 124 cm³/mol. The summed E-state index contributed by atoms with van der Waals surface area (Å²) in [5.74, 6) is 0.873. The van der Waals surface area contributed by atoms with Gasteiger partial charge in [-0.25, -0.2) is 0 Å². The molecule has 0 radical (unpaired) electrons. The molecule has 2 heteroatoms. The highest BCUT2D eigenvalue weighted by atomic mass is 16.5. The molecule has 0 aliphatic carbocycles. The van der Waals surface area contributed by atoms with Gasteiger partial charge in [-0.2, -0.15) is 0 Å². The molecule has 0 spiro atoms. The number of carbonyl (C=O) groups excluding carboxylic acids is 1. The minimum atomic E-state index is 0.0183. The Hall–Kier alpha value is -0.530. The first-order valence-electron chi connectivity index (χ1n) is 12.8. The minimum absolute atomic E-state index is 0.0183. The van der Waals surface area contributed by atoms with Gasteiger partial charge in [0.05, 0.1) is 6.61 Å². The van der Waals surface area contributed by atoms with Crippen molar-refractivity contribution >= 4 is 5.97 Å². The van der Waals surface area contributed by atoms with Crippen LogP contribution in [0.5, 0.6) is 0 Å². The van der Waals surface area contributed by atoms with Gasteiger partial charge in [-0.05, 0) is 18.8 Å². The van der Waals surface area contributed by atoms with E-state index < -0.39 is 0 Å². The Bertz CT molecular complexity index is 312. The average Bonchev–Trinajstić information content (AvgIpc) is 2.67. The van der Waals surface area contributed by atoms with Crippen molar-refractivity contribution in [2.45, 2.75) is 149 Å². The maximum Gasteiger partial charge on any atom is 0.305 e. The van der Waals surface area contributed by atoms with Gasteiger partial charge in [-0.1, -0.05) is 130 Å². The van der Waals surface area contributed by atoms with Gasteiger partial charge in [0.15, 0.2) is 0 Å². The van der Waals surface area contributed by atoms with Crippen molar-refractivity contribution in [3.05, 3.63) is 0 Å². The van der Waals surface area contributed by atoms with E-state index >= 15 is 0 Å². The molecule has 168 valence electrons. The summed E-state index contributed by atoms with van der Waals surface area (Å²) in [4.78, 5) is 11.7. The van der Waals surface area contributed by atoms with E-state index in [1.54, 1.807) is 0 Å². The summed E-state index contributed by atoms with van der Waals surface area (Å²) in [6, 6.07) is 0. The fraction of sp³-hybridized carbons (Fsp3) is 0.962. The summed E-state index contributed by atoms with van der Waals surface area (Å²) < 4.78 is 5.37. The van der Waals surface area contributed by atoms with Crippen LogP contribution in [0.15, 0.2) is 0 Å². The molecule has 0 aromatic heterocycles. The van der Waals surface area contributed by atoms with Crippen LogP contribution in [-0.4, -0.2) is 12.6 Å². The van der Waals surface area contributed by atoms with Crippen LogP contribution >= 0.6 is 0 Å². The summed E-state index contributed by atoms with van der Waals surface area (Å²) in [5, 5.41) is 0. The van der Waals surface area contributed by atoms with Gasteiger partial charge in [0, 0.05) is 6.42 Å². The number of rotatable bonds is 22. The summed E-state index contributed by atoms with van der Waals surface area (Å²) >= 11 is 0. The minimum Gasteiger partial charge on any atom is -0.466 e. The topological polar surface area (TPSA) is 26.3 Å². The third kappa shape index (κ3) is 23.5. The molecule has 0 aliphatic rings. The van der Waals surface area contributed by atoms with E-state index in [0.29, 0.717) is 13.0 Å². The Morgan fingerprint density at radius 3 is 1.54 bits per heavy atom. The maximum atomic E-state index is 11.7. The van der Waals surface area contributed by atoms with Gasteiger partial charge in [-0.15, -0.1) is 0 Å². The molecule has 2 nitrogen and oxygen atoms in total. The fourth-order valence-corrected chi connectivity index (χ4v) is 3.73. The molecule has 0 aromatic carbocycles. The molecule has 0 unspecified atom stereocenters. The van der Waals surface area contributed by atoms with Crippen molar-refractivity contribution in [1.82, 2.24) is 0 Å². The number of esters is 1. The lowest BCUT2D eigenvalue weighted by Crippen LogP contribution is -2.05. The maximum absolute atomic E-state index is 11.7. The Morgan fingerprint density at radius 1 is 0.607 bits per heavy atom. The second-order valence-corrected chi connectivity index (χ2v) is 9.16. The number of hydrogen-bond donors (Lipinski definition) is 0. The van der Waals surface area contributed by atoms with Crippen molar-refractivity contribution in [2.75, 3.05) is 6.61 Å². The first kappa shape index (κ1) is 27.5.